The molecule has 0 saturated carbocycles. The Morgan fingerprint density at radius 1 is 1.04 bits per heavy atom. The number of halogens is 1. The van der Waals surface area contributed by atoms with E-state index in [2.05, 4.69) is 5.32 Å². The second kappa shape index (κ2) is 8.58. The summed E-state index contributed by atoms with van der Waals surface area (Å²) in [7, 11) is 0. The predicted octanol–water partition coefficient (Wildman–Crippen LogP) is 3.15. The highest BCUT2D eigenvalue weighted by Crippen LogP contribution is 2.14. The van der Waals surface area contributed by atoms with Crippen LogP contribution in [0.2, 0.25) is 0 Å². The summed E-state index contributed by atoms with van der Waals surface area (Å²) >= 11 is 0. The molecule has 0 bridgehead atoms. The zero-order chi connectivity index (χ0) is 18.2. The number of benzene rings is 2. The summed E-state index contributed by atoms with van der Waals surface area (Å²) in [6, 6.07) is 11.1. The number of nitrogens with one attached hydrogen (secondary N) is 2. The molecule has 0 aliphatic heterocycles. The molecule has 0 radical (unpaired) electrons. The van der Waals surface area contributed by atoms with E-state index in [-0.39, 0.29) is 11.5 Å². The fourth-order valence-corrected chi connectivity index (χ4v) is 1.97. The largest absolute Gasteiger partial charge is 0.484 e. The molecule has 0 heterocycles. The van der Waals surface area contributed by atoms with Gasteiger partial charge in [-0.2, -0.15) is 0 Å². The fourth-order valence-electron chi connectivity index (χ4n) is 1.97. The first-order valence-corrected chi connectivity index (χ1v) is 7.61. The second-order valence-electron chi connectivity index (χ2n) is 5.07. The number of carbonyl (C=O) groups excluding carboxylic acids is 3. The number of carbonyl (C=O) groups is 3. The number of amides is 3. The monoisotopic (exact) mass is 344 g/mol. The van der Waals surface area contributed by atoms with Crippen molar-refractivity contribution in [2.75, 3.05) is 11.9 Å². The van der Waals surface area contributed by atoms with Crippen LogP contribution in [-0.2, 0) is 4.79 Å². The van der Waals surface area contributed by atoms with Crippen LogP contribution in [0.3, 0.4) is 0 Å². The number of imide groups is 1. The lowest BCUT2D eigenvalue weighted by Crippen LogP contribution is -2.37. The summed E-state index contributed by atoms with van der Waals surface area (Å²) in [6.07, 6.45) is 0.403. The first kappa shape index (κ1) is 18.1. The van der Waals surface area contributed by atoms with E-state index in [1.807, 2.05) is 5.32 Å². The van der Waals surface area contributed by atoms with E-state index in [4.69, 9.17) is 4.74 Å². The Kier molecular flexibility index (Phi) is 6.22. The highest BCUT2D eigenvalue weighted by atomic mass is 19.1. The van der Waals surface area contributed by atoms with Crippen LogP contribution in [-0.4, -0.2) is 24.3 Å². The minimum absolute atomic E-state index is 0.00843. The van der Waals surface area contributed by atoms with Gasteiger partial charge in [0, 0.05) is 12.0 Å². The van der Waals surface area contributed by atoms with Gasteiger partial charge in [0.2, 0.25) is 0 Å². The van der Waals surface area contributed by atoms with Gasteiger partial charge in [-0.3, -0.25) is 14.9 Å². The molecule has 2 aromatic carbocycles. The van der Waals surface area contributed by atoms with Gasteiger partial charge >= 0.3 is 6.03 Å². The van der Waals surface area contributed by atoms with Crippen molar-refractivity contribution in [3.8, 4) is 5.75 Å². The SMILES string of the molecule is CCC(=O)c1ccc(OCC(=O)NC(=O)Nc2ccccc2F)cc1. The standard InChI is InChI=1S/C18H17FN2O4/c1-2-16(22)12-7-9-13(10-8-12)25-11-17(23)21-18(24)20-15-6-4-3-5-14(15)19/h3-10H,2,11H2,1H3,(H2,20,21,23,24). The molecule has 0 spiro atoms. The molecule has 130 valence electrons. The summed E-state index contributed by atoms with van der Waals surface area (Å²) in [4.78, 5) is 34.8. The van der Waals surface area contributed by atoms with Crippen molar-refractivity contribution in [1.82, 2.24) is 5.32 Å². The van der Waals surface area contributed by atoms with Gasteiger partial charge in [-0.15, -0.1) is 0 Å². The van der Waals surface area contributed by atoms with E-state index >= 15 is 0 Å². The first-order valence-electron chi connectivity index (χ1n) is 7.61. The molecule has 0 aromatic heterocycles. The highest BCUT2D eigenvalue weighted by Gasteiger charge is 2.11. The summed E-state index contributed by atoms with van der Waals surface area (Å²) < 4.78 is 18.6. The third-order valence-corrected chi connectivity index (χ3v) is 3.24. The van der Waals surface area contributed by atoms with Gasteiger partial charge in [-0.1, -0.05) is 19.1 Å². The minimum Gasteiger partial charge on any atom is -0.484 e. The van der Waals surface area contributed by atoms with Gasteiger partial charge in [0.25, 0.3) is 5.91 Å². The minimum atomic E-state index is -0.859. The Morgan fingerprint density at radius 3 is 2.36 bits per heavy atom. The van der Waals surface area contributed by atoms with E-state index in [9.17, 15) is 18.8 Å². The van der Waals surface area contributed by atoms with Crippen LogP contribution in [0.1, 0.15) is 23.7 Å². The average Bonchev–Trinajstić information content (AvgIpc) is 2.61. The zero-order valence-electron chi connectivity index (χ0n) is 13.5. The molecule has 0 fully saturated rings. The number of ether oxygens (including phenoxy) is 1. The summed E-state index contributed by atoms with van der Waals surface area (Å²) in [5.41, 5.74) is 0.522. The molecule has 0 saturated heterocycles. The van der Waals surface area contributed by atoms with Crippen LogP contribution >= 0.6 is 0 Å². The molecule has 7 heteroatoms. The molecule has 0 aliphatic carbocycles. The molecule has 2 N–H and O–H groups in total. The van der Waals surface area contributed by atoms with E-state index in [1.165, 1.54) is 18.2 Å². The second-order valence-corrected chi connectivity index (χ2v) is 5.07. The van der Waals surface area contributed by atoms with Crippen molar-refractivity contribution in [3.63, 3.8) is 0 Å². The number of hydrogen-bond acceptors (Lipinski definition) is 4. The molecule has 2 aromatic rings. The third kappa shape index (κ3) is 5.42. The average molecular weight is 344 g/mol. The highest BCUT2D eigenvalue weighted by molar-refractivity contribution is 6.01. The molecule has 2 rings (SSSR count). The molecule has 0 atom stereocenters. The lowest BCUT2D eigenvalue weighted by Gasteiger charge is -2.09. The fraction of sp³-hybridized carbons (Fsp3) is 0.167. The zero-order valence-corrected chi connectivity index (χ0v) is 13.5. The van der Waals surface area contributed by atoms with Crippen molar-refractivity contribution in [2.45, 2.75) is 13.3 Å². The maximum absolute atomic E-state index is 13.4. The number of rotatable bonds is 6. The molecular formula is C18H17FN2O4. The number of hydrogen-bond donors (Lipinski definition) is 2. The van der Waals surface area contributed by atoms with E-state index in [1.54, 1.807) is 37.3 Å². The van der Waals surface area contributed by atoms with Crippen molar-refractivity contribution < 1.29 is 23.5 Å². The number of Topliss-reactive ketones (excluding diaryl/α,β-unsaturated/α-hetero) is 1. The smallest absolute Gasteiger partial charge is 0.326 e. The van der Waals surface area contributed by atoms with Gasteiger partial charge < -0.3 is 10.1 Å². The van der Waals surface area contributed by atoms with Crippen LogP contribution in [0.15, 0.2) is 48.5 Å². The van der Waals surface area contributed by atoms with E-state index < -0.39 is 24.4 Å². The topological polar surface area (TPSA) is 84.5 Å². The summed E-state index contributed by atoms with van der Waals surface area (Å²) in [5.74, 6) is -0.906. The predicted molar refractivity (Wildman–Crippen MR) is 90.1 cm³/mol. The van der Waals surface area contributed by atoms with Crippen molar-refractivity contribution in [2.24, 2.45) is 0 Å². The molecule has 0 unspecified atom stereocenters. The van der Waals surface area contributed by atoms with E-state index in [0.29, 0.717) is 17.7 Å². The molecule has 6 nitrogen and oxygen atoms in total. The van der Waals surface area contributed by atoms with Crippen molar-refractivity contribution in [3.05, 3.63) is 59.9 Å². The third-order valence-electron chi connectivity index (χ3n) is 3.24. The Labute approximate surface area is 144 Å². The number of anilines is 1. The number of urea groups is 1. The quantitative estimate of drug-likeness (QED) is 0.789. The van der Waals surface area contributed by atoms with Gasteiger partial charge in [-0.25, -0.2) is 9.18 Å². The first-order chi connectivity index (χ1) is 12.0. The maximum atomic E-state index is 13.4. The Balaban J connectivity index is 1.81. The van der Waals surface area contributed by atoms with Gasteiger partial charge in [0.15, 0.2) is 12.4 Å². The van der Waals surface area contributed by atoms with Crippen LogP contribution in [0, 0.1) is 5.82 Å². The molecule has 3 amide bonds. The van der Waals surface area contributed by atoms with Gasteiger partial charge in [-0.05, 0) is 36.4 Å². The van der Waals surface area contributed by atoms with Gasteiger partial charge in [0.05, 0.1) is 5.69 Å². The Morgan fingerprint density at radius 2 is 1.72 bits per heavy atom. The molecule has 25 heavy (non-hydrogen) atoms. The molecule has 0 aliphatic rings. The van der Waals surface area contributed by atoms with Crippen molar-refractivity contribution >= 4 is 23.4 Å². The summed E-state index contributed by atoms with van der Waals surface area (Å²) in [5, 5.41) is 4.26. The lowest BCUT2D eigenvalue weighted by molar-refractivity contribution is -0.121. The summed E-state index contributed by atoms with van der Waals surface area (Å²) in [6.45, 7) is 1.37. The van der Waals surface area contributed by atoms with E-state index in [0.717, 1.165) is 0 Å². The van der Waals surface area contributed by atoms with Crippen molar-refractivity contribution in [1.29, 1.82) is 0 Å². The Hall–Kier alpha value is -3.22. The van der Waals surface area contributed by atoms with Crippen LogP contribution < -0.4 is 15.4 Å². The van der Waals surface area contributed by atoms with Crippen LogP contribution in [0.5, 0.6) is 5.75 Å². The number of para-hydroxylation sites is 1. The number of ketones is 1. The molecular weight excluding hydrogens is 327 g/mol. The lowest BCUT2D eigenvalue weighted by atomic mass is 10.1. The normalized spacial score (nSPS) is 10.0. The maximum Gasteiger partial charge on any atom is 0.326 e. The van der Waals surface area contributed by atoms with Crippen LogP contribution in [0.4, 0.5) is 14.9 Å². The van der Waals surface area contributed by atoms with Crippen LogP contribution in [0.25, 0.3) is 0 Å². The Bertz CT molecular complexity index is 775. The van der Waals surface area contributed by atoms with Gasteiger partial charge in [0.1, 0.15) is 11.6 Å².